The van der Waals surface area contributed by atoms with Crippen molar-refractivity contribution in [3.8, 4) is 0 Å². The van der Waals surface area contributed by atoms with Crippen LogP contribution >= 0.6 is 11.3 Å². The van der Waals surface area contributed by atoms with E-state index < -0.39 is 0 Å². The number of hydrogen-bond acceptors (Lipinski definition) is 6. The first kappa shape index (κ1) is 20.0. The number of carbonyl (C=O) groups is 1. The number of thiazole rings is 1. The number of aromatic nitrogens is 4. The normalized spacial score (nSPS) is 16.0. The molecule has 1 aliphatic heterocycles. The first-order valence-corrected chi connectivity index (χ1v) is 11.1. The van der Waals surface area contributed by atoms with E-state index >= 15 is 0 Å². The molecule has 1 aliphatic rings. The number of pyridine rings is 1. The lowest BCUT2D eigenvalue weighted by Crippen LogP contribution is -2.32. The minimum atomic E-state index is -0.179. The highest BCUT2D eigenvalue weighted by Gasteiger charge is 2.19. The summed E-state index contributed by atoms with van der Waals surface area (Å²) in [5.41, 5.74) is 3.07. The van der Waals surface area contributed by atoms with E-state index in [4.69, 9.17) is 0 Å². The predicted octanol–water partition coefficient (Wildman–Crippen LogP) is 4.26. The van der Waals surface area contributed by atoms with Gasteiger partial charge in [-0.3, -0.25) is 15.0 Å². The first-order valence-electron chi connectivity index (χ1n) is 10.2. The number of piperidine rings is 1. The van der Waals surface area contributed by atoms with Crippen molar-refractivity contribution in [2.45, 2.75) is 53.1 Å². The van der Waals surface area contributed by atoms with Crippen LogP contribution in [0.2, 0.25) is 0 Å². The molecule has 29 heavy (non-hydrogen) atoms. The molecule has 4 heterocycles. The highest BCUT2D eigenvalue weighted by atomic mass is 32.1. The van der Waals surface area contributed by atoms with Crippen LogP contribution in [0.1, 0.15) is 61.4 Å². The molecule has 1 N–H and O–H groups in total. The molecule has 0 saturated carbocycles. The monoisotopic (exact) mass is 412 g/mol. The van der Waals surface area contributed by atoms with Gasteiger partial charge in [-0.25, -0.2) is 14.6 Å². The van der Waals surface area contributed by atoms with Crippen molar-refractivity contribution in [2.75, 3.05) is 18.4 Å². The molecule has 0 radical (unpaired) electrons. The van der Waals surface area contributed by atoms with Crippen LogP contribution in [0.3, 0.4) is 0 Å². The molecule has 7 nitrogen and oxygen atoms in total. The van der Waals surface area contributed by atoms with Gasteiger partial charge in [0.2, 0.25) is 0 Å². The maximum Gasteiger partial charge on any atom is 0.259 e. The van der Waals surface area contributed by atoms with E-state index in [1.165, 1.54) is 24.2 Å². The summed E-state index contributed by atoms with van der Waals surface area (Å²) in [6, 6.07) is 2.08. The molecule has 154 valence electrons. The van der Waals surface area contributed by atoms with Crippen LogP contribution in [-0.4, -0.2) is 43.6 Å². The van der Waals surface area contributed by atoms with Crippen molar-refractivity contribution < 1.29 is 4.79 Å². The number of aryl methyl sites for hydroxylation is 1. The Labute approximate surface area is 175 Å². The van der Waals surface area contributed by atoms with Crippen molar-refractivity contribution in [2.24, 2.45) is 5.92 Å². The average molecular weight is 413 g/mol. The van der Waals surface area contributed by atoms with Gasteiger partial charge in [0.05, 0.1) is 23.1 Å². The molecule has 1 saturated heterocycles. The van der Waals surface area contributed by atoms with Crippen molar-refractivity contribution in [3.63, 3.8) is 0 Å². The molecule has 4 rings (SSSR count). The van der Waals surface area contributed by atoms with Crippen LogP contribution in [-0.2, 0) is 6.54 Å². The van der Waals surface area contributed by atoms with Crippen LogP contribution in [0.25, 0.3) is 11.0 Å². The molecular weight excluding hydrogens is 384 g/mol. The van der Waals surface area contributed by atoms with Gasteiger partial charge in [0, 0.05) is 23.4 Å². The summed E-state index contributed by atoms with van der Waals surface area (Å²) < 4.78 is 1.87. The van der Waals surface area contributed by atoms with Gasteiger partial charge >= 0.3 is 0 Å². The second-order valence-electron chi connectivity index (χ2n) is 8.27. The van der Waals surface area contributed by atoms with Gasteiger partial charge in [0.15, 0.2) is 10.8 Å². The molecule has 3 aromatic rings. The van der Waals surface area contributed by atoms with Gasteiger partial charge in [0.25, 0.3) is 5.91 Å². The van der Waals surface area contributed by atoms with E-state index in [1.807, 2.05) is 23.1 Å². The molecule has 0 aliphatic carbocycles. The maximum atomic E-state index is 12.8. The minimum absolute atomic E-state index is 0.179. The van der Waals surface area contributed by atoms with Crippen molar-refractivity contribution in [1.29, 1.82) is 0 Å². The lowest BCUT2D eigenvalue weighted by molar-refractivity contribution is 0.102. The highest BCUT2D eigenvalue weighted by molar-refractivity contribution is 7.14. The van der Waals surface area contributed by atoms with Gasteiger partial charge in [-0.2, -0.15) is 5.10 Å². The number of anilines is 1. The molecule has 0 aromatic carbocycles. The van der Waals surface area contributed by atoms with E-state index in [2.05, 4.69) is 46.1 Å². The van der Waals surface area contributed by atoms with E-state index in [-0.39, 0.29) is 11.9 Å². The third kappa shape index (κ3) is 4.33. The van der Waals surface area contributed by atoms with Crippen LogP contribution in [0.4, 0.5) is 5.13 Å². The van der Waals surface area contributed by atoms with Gasteiger partial charge in [0.1, 0.15) is 0 Å². The van der Waals surface area contributed by atoms with Gasteiger partial charge in [-0.15, -0.1) is 11.3 Å². The summed E-state index contributed by atoms with van der Waals surface area (Å²) in [7, 11) is 0. The quantitative estimate of drug-likeness (QED) is 0.678. The van der Waals surface area contributed by atoms with Crippen molar-refractivity contribution in [1.82, 2.24) is 24.6 Å². The Morgan fingerprint density at radius 1 is 1.31 bits per heavy atom. The third-order valence-electron chi connectivity index (χ3n) is 5.53. The molecule has 0 atom stereocenters. The first-order chi connectivity index (χ1) is 13.9. The zero-order chi connectivity index (χ0) is 20.5. The largest absolute Gasteiger partial charge is 0.298 e. The van der Waals surface area contributed by atoms with Gasteiger partial charge < -0.3 is 0 Å². The summed E-state index contributed by atoms with van der Waals surface area (Å²) in [6.45, 7) is 11.4. The van der Waals surface area contributed by atoms with E-state index in [9.17, 15) is 4.79 Å². The van der Waals surface area contributed by atoms with Crippen LogP contribution in [0.15, 0.2) is 17.6 Å². The summed E-state index contributed by atoms with van der Waals surface area (Å²) in [5.74, 6) is 0.639. The van der Waals surface area contributed by atoms with E-state index in [0.29, 0.717) is 16.4 Å². The zero-order valence-corrected chi connectivity index (χ0v) is 18.3. The number of likely N-dealkylation sites (tertiary alicyclic amines) is 1. The number of carbonyl (C=O) groups excluding carboxylic acids is 1. The van der Waals surface area contributed by atoms with Gasteiger partial charge in [-0.1, -0.05) is 6.92 Å². The molecule has 0 bridgehead atoms. The summed E-state index contributed by atoms with van der Waals surface area (Å²) in [4.78, 5) is 24.5. The maximum absolute atomic E-state index is 12.8. The number of hydrogen-bond donors (Lipinski definition) is 1. The lowest BCUT2D eigenvalue weighted by atomic mass is 9.99. The second kappa shape index (κ2) is 8.20. The molecule has 1 amide bonds. The third-order valence-corrected chi connectivity index (χ3v) is 6.33. The number of rotatable bonds is 5. The van der Waals surface area contributed by atoms with E-state index in [0.717, 1.165) is 42.3 Å². The molecule has 1 fully saturated rings. The fourth-order valence-electron chi connectivity index (χ4n) is 3.72. The lowest BCUT2D eigenvalue weighted by Gasteiger charge is -2.29. The Kier molecular flexibility index (Phi) is 5.65. The summed E-state index contributed by atoms with van der Waals surface area (Å²) in [5, 5.41) is 10.9. The SMILES string of the molecule is Cc1nc2c(cnn2C(C)C)cc1C(=O)Nc1nc(CN2CCC(C)CC2)cs1. The molecule has 0 unspecified atom stereocenters. The standard InChI is InChI=1S/C21H28N6OS/c1-13(2)27-19-16(10-22-27)9-18(15(4)23-19)20(28)25-21-24-17(12-29-21)11-26-7-5-14(3)6-8-26/h9-10,12-14H,5-8,11H2,1-4H3,(H,24,25,28). The second-order valence-corrected chi connectivity index (χ2v) is 9.13. The molecule has 8 heteroatoms. The number of fused-ring (bicyclic) bond motifs is 1. The summed E-state index contributed by atoms with van der Waals surface area (Å²) >= 11 is 1.47. The van der Waals surface area contributed by atoms with Crippen molar-refractivity contribution >= 4 is 33.4 Å². The Morgan fingerprint density at radius 2 is 2.07 bits per heavy atom. The van der Waals surface area contributed by atoms with Gasteiger partial charge in [-0.05, 0) is 58.7 Å². The fourth-order valence-corrected chi connectivity index (χ4v) is 4.42. The Balaban J connectivity index is 1.45. The number of nitrogens with one attached hydrogen (secondary N) is 1. The Bertz CT molecular complexity index is 1020. The zero-order valence-electron chi connectivity index (χ0n) is 17.5. The predicted molar refractivity (Wildman–Crippen MR) is 116 cm³/mol. The van der Waals surface area contributed by atoms with Crippen molar-refractivity contribution in [3.05, 3.63) is 34.6 Å². The Morgan fingerprint density at radius 3 is 2.79 bits per heavy atom. The minimum Gasteiger partial charge on any atom is -0.298 e. The molecule has 0 spiro atoms. The number of amides is 1. The Hall–Kier alpha value is -2.32. The number of nitrogens with zero attached hydrogens (tertiary/aromatic N) is 5. The molecular formula is C21H28N6OS. The van der Waals surface area contributed by atoms with E-state index in [1.54, 1.807) is 6.20 Å². The summed E-state index contributed by atoms with van der Waals surface area (Å²) in [6.07, 6.45) is 4.26. The highest BCUT2D eigenvalue weighted by Crippen LogP contribution is 2.23. The average Bonchev–Trinajstić information content (AvgIpc) is 3.29. The smallest absolute Gasteiger partial charge is 0.259 e. The van der Waals surface area contributed by atoms with Crippen LogP contribution in [0.5, 0.6) is 0 Å². The molecule has 3 aromatic heterocycles. The van der Waals surface area contributed by atoms with Crippen LogP contribution in [0, 0.1) is 12.8 Å². The van der Waals surface area contributed by atoms with Crippen LogP contribution < -0.4 is 5.32 Å². The topological polar surface area (TPSA) is 75.9 Å². The fraction of sp³-hybridized carbons (Fsp3) is 0.524.